The van der Waals surface area contributed by atoms with Crippen molar-refractivity contribution in [1.29, 1.82) is 0 Å². The zero-order chi connectivity index (χ0) is 11.8. The van der Waals surface area contributed by atoms with Crippen LogP contribution in [-0.2, 0) is 0 Å². The van der Waals surface area contributed by atoms with Gasteiger partial charge >= 0.3 is 6.01 Å². The summed E-state index contributed by atoms with van der Waals surface area (Å²) in [6, 6.07) is 10.9. The SMILES string of the molecule is Nc1nnc(-c2cccc3cccc(O)c23)o1. The maximum atomic E-state index is 9.90. The molecule has 5 heteroatoms. The van der Waals surface area contributed by atoms with Gasteiger partial charge in [-0.15, -0.1) is 5.10 Å². The average molecular weight is 227 g/mol. The summed E-state index contributed by atoms with van der Waals surface area (Å²) in [6.45, 7) is 0. The molecule has 0 bridgehead atoms. The molecule has 0 spiro atoms. The first-order valence-corrected chi connectivity index (χ1v) is 5.06. The van der Waals surface area contributed by atoms with E-state index in [9.17, 15) is 5.11 Å². The molecule has 5 nitrogen and oxygen atoms in total. The summed E-state index contributed by atoms with van der Waals surface area (Å²) in [5.74, 6) is 0.476. The molecule has 3 aromatic rings. The highest BCUT2D eigenvalue weighted by molar-refractivity contribution is 5.99. The number of rotatable bonds is 1. The molecule has 3 N–H and O–H groups in total. The van der Waals surface area contributed by atoms with Crippen molar-refractivity contribution in [3.8, 4) is 17.2 Å². The molecule has 0 fully saturated rings. The Balaban J connectivity index is 2.37. The highest BCUT2D eigenvalue weighted by Gasteiger charge is 2.12. The minimum atomic E-state index is 0.00687. The third-order valence-electron chi connectivity index (χ3n) is 2.55. The first-order valence-electron chi connectivity index (χ1n) is 5.06. The van der Waals surface area contributed by atoms with Gasteiger partial charge < -0.3 is 15.3 Å². The van der Waals surface area contributed by atoms with E-state index in [1.54, 1.807) is 18.2 Å². The molecular formula is C12H9N3O2. The summed E-state index contributed by atoms with van der Waals surface area (Å²) < 4.78 is 5.18. The quantitative estimate of drug-likeness (QED) is 0.665. The summed E-state index contributed by atoms with van der Waals surface area (Å²) in [6.07, 6.45) is 0. The number of phenolic OH excluding ortho intramolecular Hbond substituents is 1. The zero-order valence-corrected chi connectivity index (χ0v) is 8.79. The van der Waals surface area contributed by atoms with Crippen molar-refractivity contribution in [3.63, 3.8) is 0 Å². The van der Waals surface area contributed by atoms with Gasteiger partial charge in [-0.05, 0) is 17.5 Å². The van der Waals surface area contributed by atoms with Crippen LogP contribution in [0, 0.1) is 0 Å². The maximum Gasteiger partial charge on any atom is 0.313 e. The van der Waals surface area contributed by atoms with Gasteiger partial charge in [-0.1, -0.05) is 29.4 Å². The predicted molar refractivity (Wildman–Crippen MR) is 63.3 cm³/mol. The lowest BCUT2D eigenvalue weighted by Gasteiger charge is -2.04. The van der Waals surface area contributed by atoms with Crippen LogP contribution in [0.15, 0.2) is 40.8 Å². The fourth-order valence-electron chi connectivity index (χ4n) is 1.84. The lowest BCUT2D eigenvalue weighted by molar-refractivity contribution is 0.481. The minimum absolute atomic E-state index is 0.00687. The van der Waals surface area contributed by atoms with Crippen LogP contribution >= 0.6 is 0 Å². The molecule has 3 rings (SSSR count). The smallest absolute Gasteiger partial charge is 0.313 e. The molecule has 0 amide bonds. The van der Waals surface area contributed by atoms with Gasteiger partial charge in [-0.25, -0.2) is 0 Å². The van der Waals surface area contributed by atoms with Gasteiger partial charge in [0.05, 0.1) is 5.56 Å². The van der Waals surface area contributed by atoms with Crippen molar-refractivity contribution in [2.75, 3.05) is 5.73 Å². The van der Waals surface area contributed by atoms with Crippen LogP contribution in [0.25, 0.3) is 22.2 Å². The second kappa shape index (κ2) is 3.48. The van der Waals surface area contributed by atoms with Crippen LogP contribution in [0.4, 0.5) is 6.01 Å². The van der Waals surface area contributed by atoms with E-state index < -0.39 is 0 Å². The van der Waals surface area contributed by atoms with E-state index in [4.69, 9.17) is 10.2 Å². The minimum Gasteiger partial charge on any atom is -0.507 e. The van der Waals surface area contributed by atoms with Gasteiger partial charge in [0.25, 0.3) is 5.89 Å². The van der Waals surface area contributed by atoms with E-state index in [-0.39, 0.29) is 11.8 Å². The first-order chi connectivity index (χ1) is 8.25. The van der Waals surface area contributed by atoms with Crippen molar-refractivity contribution in [1.82, 2.24) is 10.2 Å². The Bertz CT molecular complexity index is 686. The number of fused-ring (bicyclic) bond motifs is 1. The molecule has 0 aliphatic heterocycles. The highest BCUT2D eigenvalue weighted by atomic mass is 16.4. The van der Waals surface area contributed by atoms with E-state index in [1.165, 1.54) is 0 Å². The van der Waals surface area contributed by atoms with E-state index in [2.05, 4.69) is 10.2 Å². The van der Waals surface area contributed by atoms with Crippen molar-refractivity contribution in [3.05, 3.63) is 36.4 Å². The molecule has 17 heavy (non-hydrogen) atoms. The summed E-state index contributed by atoms with van der Waals surface area (Å²) >= 11 is 0. The Morgan fingerprint density at radius 1 is 1.06 bits per heavy atom. The van der Waals surface area contributed by atoms with E-state index in [0.717, 1.165) is 5.39 Å². The molecule has 0 saturated heterocycles. The standard InChI is InChI=1S/C12H9N3O2/c13-12-15-14-11(17-12)8-5-1-3-7-4-2-6-9(16)10(7)8/h1-6,16H,(H2,13,15). The molecule has 1 heterocycles. The third-order valence-corrected chi connectivity index (χ3v) is 2.55. The topological polar surface area (TPSA) is 85.2 Å². The fraction of sp³-hybridized carbons (Fsp3) is 0. The molecule has 84 valence electrons. The highest BCUT2D eigenvalue weighted by Crippen LogP contribution is 2.33. The number of nitrogens with zero attached hydrogens (tertiary/aromatic N) is 2. The number of benzene rings is 2. The number of anilines is 1. The van der Waals surface area contributed by atoms with Crippen LogP contribution in [0.2, 0.25) is 0 Å². The lowest BCUT2D eigenvalue weighted by atomic mass is 10.0. The molecule has 2 aromatic carbocycles. The monoisotopic (exact) mass is 227 g/mol. The van der Waals surface area contributed by atoms with Gasteiger partial charge in [0.2, 0.25) is 0 Å². The fourth-order valence-corrected chi connectivity index (χ4v) is 1.84. The number of aromatic nitrogens is 2. The van der Waals surface area contributed by atoms with E-state index in [1.807, 2.05) is 18.2 Å². The van der Waals surface area contributed by atoms with Crippen LogP contribution < -0.4 is 5.73 Å². The molecule has 0 unspecified atom stereocenters. The summed E-state index contributed by atoms with van der Waals surface area (Å²) in [4.78, 5) is 0. The van der Waals surface area contributed by atoms with Crippen LogP contribution in [0.1, 0.15) is 0 Å². The van der Waals surface area contributed by atoms with Crippen molar-refractivity contribution in [2.24, 2.45) is 0 Å². The molecule has 0 atom stereocenters. The van der Waals surface area contributed by atoms with Crippen LogP contribution in [0.5, 0.6) is 5.75 Å². The van der Waals surface area contributed by atoms with Crippen molar-refractivity contribution >= 4 is 16.8 Å². The Morgan fingerprint density at radius 2 is 1.82 bits per heavy atom. The Morgan fingerprint density at radius 3 is 2.53 bits per heavy atom. The first kappa shape index (κ1) is 9.65. The number of phenols is 1. The van der Waals surface area contributed by atoms with Gasteiger partial charge in [0.1, 0.15) is 5.75 Å². The molecule has 0 aliphatic carbocycles. The largest absolute Gasteiger partial charge is 0.507 e. The molecule has 0 aliphatic rings. The van der Waals surface area contributed by atoms with Gasteiger partial charge in [0, 0.05) is 5.39 Å². The Hall–Kier alpha value is -2.56. The number of hydrogen-bond donors (Lipinski definition) is 2. The summed E-state index contributed by atoms with van der Waals surface area (Å²) in [5, 5.41) is 18.9. The molecule has 1 aromatic heterocycles. The van der Waals surface area contributed by atoms with E-state index >= 15 is 0 Å². The van der Waals surface area contributed by atoms with Gasteiger partial charge in [-0.3, -0.25) is 0 Å². The normalized spacial score (nSPS) is 10.8. The van der Waals surface area contributed by atoms with Gasteiger partial charge in [0.15, 0.2) is 0 Å². The zero-order valence-electron chi connectivity index (χ0n) is 8.79. The third kappa shape index (κ3) is 1.48. The Labute approximate surface area is 96.5 Å². The number of aromatic hydroxyl groups is 1. The Kier molecular flexibility index (Phi) is 1.98. The van der Waals surface area contributed by atoms with Crippen LogP contribution in [0.3, 0.4) is 0 Å². The molecule has 0 saturated carbocycles. The van der Waals surface area contributed by atoms with Crippen molar-refractivity contribution < 1.29 is 9.52 Å². The summed E-state index contributed by atoms with van der Waals surface area (Å²) in [7, 11) is 0. The molecule has 0 radical (unpaired) electrons. The van der Waals surface area contributed by atoms with Crippen molar-refractivity contribution in [2.45, 2.75) is 0 Å². The predicted octanol–water partition coefficient (Wildman–Crippen LogP) is 2.18. The second-order valence-electron chi connectivity index (χ2n) is 3.63. The number of nitrogens with two attached hydrogens (primary N) is 1. The summed E-state index contributed by atoms with van der Waals surface area (Å²) in [5.41, 5.74) is 6.07. The average Bonchev–Trinajstić information content (AvgIpc) is 2.75. The number of hydrogen-bond acceptors (Lipinski definition) is 5. The lowest BCUT2D eigenvalue weighted by Crippen LogP contribution is -1.82. The second-order valence-corrected chi connectivity index (χ2v) is 3.63. The number of nitrogen functional groups attached to an aromatic ring is 1. The van der Waals surface area contributed by atoms with E-state index in [0.29, 0.717) is 16.8 Å². The maximum absolute atomic E-state index is 9.90. The van der Waals surface area contributed by atoms with Crippen LogP contribution in [-0.4, -0.2) is 15.3 Å². The molecular weight excluding hydrogens is 218 g/mol. The van der Waals surface area contributed by atoms with Gasteiger partial charge in [-0.2, -0.15) is 0 Å².